The number of hydrogen-bond acceptors (Lipinski definition) is 4. The van der Waals surface area contributed by atoms with Crippen LogP contribution in [0.3, 0.4) is 0 Å². The van der Waals surface area contributed by atoms with E-state index < -0.39 is 0 Å². The molecule has 64 heavy (non-hydrogen) atoms. The second kappa shape index (κ2) is 14.5. The number of hydrogen-bond donors (Lipinski definition) is 0. The zero-order valence-electron chi connectivity index (χ0n) is 34.5. The fourth-order valence-electron chi connectivity index (χ4n) is 9.50. The molecule has 4 heterocycles. The van der Waals surface area contributed by atoms with Crippen molar-refractivity contribution in [3.63, 3.8) is 0 Å². The molecule has 0 aliphatic rings. The molecule has 0 saturated heterocycles. The molecule has 0 aliphatic heterocycles. The molecule has 0 atom stereocenters. The number of benzene rings is 9. The first kappa shape index (κ1) is 36.0. The average Bonchev–Trinajstić information content (AvgIpc) is 3.92. The molecule has 4 aromatic heterocycles. The standard InChI is InChI=1S/C59H36N4O/c1-3-14-37(15-4-1)50-36-51(44-21-13-20-40(32-44)43-28-31-55-48(33-43)46-22-10-12-25-54(46)64-55)62-59(61-50)39-26-29-45(30-27-39)63-53-24-11-9-23-47(53)56-57(38-16-5-2-6-17-38)60-52-35-42-19-8-7-18-41(42)34-49(52)58(56)63/h1-36H. The zero-order valence-corrected chi connectivity index (χ0v) is 34.5. The van der Waals surface area contributed by atoms with Crippen LogP contribution in [0, 0.1) is 0 Å². The van der Waals surface area contributed by atoms with Crippen LogP contribution >= 0.6 is 0 Å². The minimum atomic E-state index is 0.661. The molecule has 9 aromatic carbocycles. The fraction of sp³-hybridized carbons (Fsp3) is 0. The third-order valence-corrected chi connectivity index (χ3v) is 12.6. The summed E-state index contributed by atoms with van der Waals surface area (Å²) in [7, 11) is 0. The molecule has 0 aliphatic carbocycles. The highest BCUT2D eigenvalue weighted by molar-refractivity contribution is 6.23. The van der Waals surface area contributed by atoms with E-state index in [-0.39, 0.29) is 0 Å². The summed E-state index contributed by atoms with van der Waals surface area (Å²) in [4.78, 5) is 15.9. The van der Waals surface area contributed by atoms with Gasteiger partial charge in [0.1, 0.15) is 11.2 Å². The number of furan rings is 1. The topological polar surface area (TPSA) is 56.7 Å². The van der Waals surface area contributed by atoms with E-state index in [9.17, 15) is 0 Å². The smallest absolute Gasteiger partial charge is 0.160 e. The van der Waals surface area contributed by atoms with Crippen molar-refractivity contribution in [1.82, 2.24) is 19.5 Å². The fourth-order valence-corrected chi connectivity index (χ4v) is 9.50. The van der Waals surface area contributed by atoms with Gasteiger partial charge in [-0.2, -0.15) is 0 Å². The Balaban J connectivity index is 0.967. The second-order valence-corrected chi connectivity index (χ2v) is 16.4. The third kappa shape index (κ3) is 5.90. The molecule has 5 heteroatoms. The van der Waals surface area contributed by atoms with Crippen molar-refractivity contribution in [1.29, 1.82) is 0 Å². The van der Waals surface area contributed by atoms with Gasteiger partial charge in [0, 0.05) is 54.9 Å². The molecule has 0 fully saturated rings. The highest BCUT2D eigenvalue weighted by Crippen LogP contribution is 2.42. The van der Waals surface area contributed by atoms with Gasteiger partial charge in [-0.15, -0.1) is 0 Å². The zero-order chi connectivity index (χ0) is 42.1. The first-order valence-corrected chi connectivity index (χ1v) is 21.6. The summed E-state index contributed by atoms with van der Waals surface area (Å²) in [5.41, 5.74) is 15.0. The number of aromatic nitrogens is 4. The van der Waals surface area contributed by atoms with Gasteiger partial charge in [0.05, 0.1) is 33.6 Å². The Morgan fingerprint density at radius 3 is 1.78 bits per heavy atom. The number of fused-ring (bicyclic) bond motifs is 9. The van der Waals surface area contributed by atoms with E-state index in [0.29, 0.717) is 5.82 Å². The van der Waals surface area contributed by atoms with Gasteiger partial charge >= 0.3 is 0 Å². The van der Waals surface area contributed by atoms with Gasteiger partial charge in [0.25, 0.3) is 0 Å². The van der Waals surface area contributed by atoms with Gasteiger partial charge in [0.15, 0.2) is 5.82 Å². The largest absolute Gasteiger partial charge is 0.456 e. The Morgan fingerprint density at radius 2 is 0.969 bits per heavy atom. The molecule has 0 unspecified atom stereocenters. The maximum Gasteiger partial charge on any atom is 0.160 e. The highest BCUT2D eigenvalue weighted by atomic mass is 16.3. The van der Waals surface area contributed by atoms with E-state index in [1.54, 1.807) is 0 Å². The number of pyridine rings is 1. The predicted molar refractivity (Wildman–Crippen MR) is 264 cm³/mol. The van der Waals surface area contributed by atoms with Crippen molar-refractivity contribution < 1.29 is 4.42 Å². The Kier molecular flexibility index (Phi) is 8.15. The molecular weight excluding hydrogens is 781 g/mol. The summed E-state index contributed by atoms with van der Waals surface area (Å²) in [6.07, 6.45) is 0. The highest BCUT2D eigenvalue weighted by Gasteiger charge is 2.21. The minimum absolute atomic E-state index is 0.661. The van der Waals surface area contributed by atoms with E-state index in [1.807, 2.05) is 18.2 Å². The van der Waals surface area contributed by atoms with E-state index in [4.69, 9.17) is 19.4 Å². The number of nitrogens with zero attached hydrogens (tertiary/aromatic N) is 4. The van der Waals surface area contributed by atoms with Crippen LogP contribution in [0.5, 0.6) is 0 Å². The minimum Gasteiger partial charge on any atom is -0.456 e. The average molecular weight is 817 g/mol. The van der Waals surface area contributed by atoms with Gasteiger partial charge in [-0.25, -0.2) is 15.0 Å². The molecule has 5 nitrogen and oxygen atoms in total. The molecule has 0 N–H and O–H groups in total. The van der Waals surface area contributed by atoms with Gasteiger partial charge < -0.3 is 8.98 Å². The van der Waals surface area contributed by atoms with E-state index >= 15 is 0 Å². The monoisotopic (exact) mass is 816 g/mol. The van der Waals surface area contributed by atoms with Crippen molar-refractivity contribution in [2.45, 2.75) is 0 Å². The molecule has 0 amide bonds. The quantitative estimate of drug-likeness (QED) is 0.157. The Bertz CT molecular complexity index is 3940. The lowest BCUT2D eigenvalue weighted by atomic mass is 9.99. The number of para-hydroxylation sites is 2. The summed E-state index contributed by atoms with van der Waals surface area (Å²) in [6, 6.07) is 76.7. The molecule has 0 saturated carbocycles. The van der Waals surface area contributed by atoms with Gasteiger partial charge in [-0.1, -0.05) is 146 Å². The molecular formula is C59H36N4O. The van der Waals surface area contributed by atoms with Gasteiger partial charge in [-0.3, -0.25) is 0 Å². The van der Waals surface area contributed by atoms with Crippen LogP contribution in [-0.2, 0) is 0 Å². The Morgan fingerprint density at radius 1 is 0.359 bits per heavy atom. The van der Waals surface area contributed by atoms with Crippen molar-refractivity contribution in [3.05, 3.63) is 218 Å². The van der Waals surface area contributed by atoms with Crippen LogP contribution < -0.4 is 0 Å². The van der Waals surface area contributed by atoms with Crippen LogP contribution in [0.25, 0.3) is 127 Å². The summed E-state index contributed by atoms with van der Waals surface area (Å²) in [5.74, 6) is 0.661. The van der Waals surface area contributed by atoms with Crippen LogP contribution in [0.4, 0.5) is 0 Å². The molecule has 0 spiro atoms. The Labute approximate surface area is 368 Å². The molecule has 13 aromatic rings. The van der Waals surface area contributed by atoms with Crippen molar-refractivity contribution in [3.8, 4) is 62.0 Å². The maximum absolute atomic E-state index is 6.14. The van der Waals surface area contributed by atoms with Crippen LogP contribution in [-0.4, -0.2) is 19.5 Å². The lowest BCUT2D eigenvalue weighted by Gasteiger charge is -2.14. The summed E-state index contributed by atoms with van der Waals surface area (Å²) < 4.78 is 8.55. The summed E-state index contributed by atoms with van der Waals surface area (Å²) in [6.45, 7) is 0. The van der Waals surface area contributed by atoms with Crippen LogP contribution in [0.15, 0.2) is 223 Å². The summed E-state index contributed by atoms with van der Waals surface area (Å²) in [5, 5.41) is 7.97. The van der Waals surface area contributed by atoms with E-state index in [1.165, 1.54) is 10.8 Å². The molecule has 13 rings (SSSR count). The lowest BCUT2D eigenvalue weighted by molar-refractivity contribution is 0.669. The normalized spacial score (nSPS) is 11.8. The van der Waals surface area contributed by atoms with E-state index in [0.717, 1.165) is 111 Å². The van der Waals surface area contributed by atoms with Crippen LogP contribution in [0.2, 0.25) is 0 Å². The first-order chi connectivity index (χ1) is 31.7. The predicted octanol–water partition coefficient (Wildman–Crippen LogP) is 15.5. The SMILES string of the molecule is c1ccc(-c2cc(-c3cccc(-c4ccc5oc6ccccc6c5c4)c3)nc(-c3ccc(-n4c5ccccc5c5c(-c6ccccc6)nc6cc7ccccc7cc6c54)cc3)n2)cc1. The number of rotatable bonds is 6. The first-order valence-electron chi connectivity index (χ1n) is 21.6. The summed E-state index contributed by atoms with van der Waals surface area (Å²) >= 11 is 0. The van der Waals surface area contributed by atoms with Crippen molar-refractivity contribution >= 4 is 65.4 Å². The molecule has 0 bridgehead atoms. The Hall–Kier alpha value is -8.67. The van der Waals surface area contributed by atoms with Crippen molar-refractivity contribution in [2.75, 3.05) is 0 Å². The molecule has 298 valence electrons. The van der Waals surface area contributed by atoms with Gasteiger partial charge in [-0.05, 0) is 94.7 Å². The maximum atomic E-state index is 6.14. The second-order valence-electron chi connectivity index (χ2n) is 16.4. The van der Waals surface area contributed by atoms with Gasteiger partial charge in [0.2, 0.25) is 0 Å². The van der Waals surface area contributed by atoms with Crippen LogP contribution in [0.1, 0.15) is 0 Å². The van der Waals surface area contributed by atoms with E-state index in [2.05, 4.69) is 205 Å². The third-order valence-electron chi connectivity index (χ3n) is 12.6. The molecule has 0 radical (unpaired) electrons. The lowest BCUT2D eigenvalue weighted by Crippen LogP contribution is -1.98. The van der Waals surface area contributed by atoms with Crippen molar-refractivity contribution in [2.24, 2.45) is 0 Å².